The molecule has 2 nitrogen and oxygen atoms in total. The van der Waals surface area contributed by atoms with Crippen LogP contribution in [0.25, 0.3) is 0 Å². The molecule has 0 saturated heterocycles. The first-order valence-corrected chi connectivity index (χ1v) is 6.65. The highest BCUT2D eigenvalue weighted by Gasteiger charge is 2.16. The maximum Gasteiger partial charge on any atom is 0.0547 e. The van der Waals surface area contributed by atoms with Gasteiger partial charge in [-0.25, -0.2) is 0 Å². The molecule has 1 N–H and O–H groups in total. The van der Waals surface area contributed by atoms with Crippen molar-refractivity contribution in [3.63, 3.8) is 0 Å². The second-order valence-corrected chi connectivity index (χ2v) is 4.76. The van der Waals surface area contributed by atoms with Crippen molar-refractivity contribution in [2.45, 2.75) is 58.5 Å². The van der Waals surface area contributed by atoms with Crippen LogP contribution in [0.3, 0.4) is 0 Å². The Balaban J connectivity index is 1.82. The highest BCUT2D eigenvalue weighted by Crippen LogP contribution is 2.29. The van der Waals surface area contributed by atoms with Crippen LogP contribution in [0.4, 0.5) is 0 Å². The topological polar surface area (TPSA) is 21.3 Å². The van der Waals surface area contributed by atoms with Gasteiger partial charge in [0.25, 0.3) is 0 Å². The Morgan fingerprint density at radius 2 is 2.20 bits per heavy atom. The zero-order valence-corrected chi connectivity index (χ0v) is 10.4. The summed E-state index contributed by atoms with van der Waals surface area (Å²) in [7, 11) is 0. The number of hydrogen-bond donors (Lipinski definition) is 1. The lowest BCUT2D eigenvalue weighted by atomic mass is 9.83. The largest absolute Gasteiger partial charge is 0.378 e. The maximum absolute atomic E-state index is 5.80. The maximum atomic E-state index is 5.80. The van der Waals surface area contributed by atoms with Crippen molar-refractivity contribution in [1.82, 2.24) is 5.32 Å². The summed E-state index contributed by atoms with van der Waals surface area (Å²) in [5.41, 5.74) is 0. The van der Waals surface area contributed by atoms with E-state index < -0.39 is 0 Å². The molecule has 90 valence electrons. The van der Waals surface area contributed by atoms with Gasteiger partial charge >= 0.3 is 0 Å². The third kappa shape index (κ3) is 6.16. The third-order valence-corrected chi connectivity index (χ3v) is 3.37. The normalized spacial score (nSPS) is 18.8. The average Bonchev–Trinajstić information content (AvgIpc) is 2.17. The first-order valence-electron chi connectivity index (χ1n) is 6.65. The van der Waals surface area contributed by atoms with Gasteiger partial charge in [0, 0.05) is 6.61 Å². The van der Waals surface area contributed by atoms with Crippen LogP contribution >= 0.6 is 0 Å². The van der Waals surface area contributed by atoms with Gasteiger partial charge in [-0.15, -0.1) is 0 Å². The van der Waals surface area contributed by atoms with Gasteiger partial charge in [0.1, 0.15) is 0 Å². The van der Waals surface area contributed by atoms with Crippen molar-refractivity contribution < 1.29 is 4.74 Å². The van der Waals surface area contributed by atoms with E-state index in [0.717, 1.165) is 25.6 Å². The second-order valence-electron chi connectivity index (χ2n) is 4.76. The summed E-state index contributed by atoms with van der Waals surface area (Å²) < 4.78 is 5.80. The van der Waals surface area contributed by atoms with E-state index >= 15 is 0 Å². The van der Waals surface area contributed by atoms with Crippen LogP contribution in [0.5, 0.6) is 0 Å². The first kappa shape index (κ1) is 13.0. The van der Waals surface area contributed by atoms with E-state index in [9.17, 15) is 0 Å². The Morgan fingerprint density at radius 1 is 1.40 bits per heavy atom. The molecule has 1 saturated carbocycles. The van der Waals surface area contributed by atoms with Crippen LogP contribution in [0.2, 0.25) is 0 Å². The van der Waals surface area contributed by atoms with E-state index in [1.165, 1.54) is 38.5 Å². The number of nitrogens with one attached hydrogen (secondary N) is 1. The Kier molecular flexibility index (Phi) is 7.03. The Bertz CT molecular complexity index is 145. The molecule has 0 aliphatic heterocycles. The molecule has 0 radical (unpaired) electrons. The van der Waals surface area contributed by atoms with E-state index in [4.69, 9.17) is 4.74 Å². The summed E-state index contributed by atoms with van der Waals surface area (Å²) >= 11 is 0. The molecule has 1 aliphatic carbocycles. The molecule has 1 unspecified atom stereocenters. The Hall–Kier alpha value is -0.0800. The summed E-state index contributed by atoms with van der Waals surface area (Å²) in [6, 6.07) is 0. The zero-order valence-electron chi connectivity index (χ0n) is 10.4. The number of hydrogen-bond acceptors (Lipinski definition) is 2. The van der Waals surface area contributed by atoms with Crippen molar-refractivity contribution in [3.05, 3.63) is 0 Å². The Labute approximate surface area is 94.8 Å². The molecule has 1 atom stereocenters. The summed E-state index contributed by atoms with van der Waals surface area (Å²) in [6.45, 7) is 7.54. The second kappa shape index (κ2) is 8.12. The molecule has 1 aliphatic rings. The fourth-order valence-corrected chi connectivity index (χ4v) is 1.99. The Morgan fingerprint density at radius 3 is 2.80 bits per heavy atom. The summed E-state index contributed by atoms with van der Waals surface area (Å²) in [4.78, 5) is 0. The van der Waals surface area contributed by atoms with Crippen LogP contribution < -0.4 is 5.32 Å². The minimum atomic E-state index is 0.448. The van der Waals surface area contributed by atoms with Gasteiger partial charge in [-0.1, -0.05) is 26.2 Å². The highest BCUT2D eigenvalue weighted by molar-refractivity contribution is 4.69. The molecule has 0 bridgehead atoms. The number of ether oxygens (including phenoxy) is 1. The summed E-state index contributed by atoms with van der Waals surface area (Å²) in [6.07, 6.45) is 8.50. The van der Waals surface area contributed by atoms with Gasteiger partial charge in [-0.2, -0.15) is 0 Å². The molecular formula is C13H27NO. The van der Waals surface area contributed by atoms with E-state index in [1.807, 2.05) is 0 Å². The fraction of sp³-hybridized carbons (Fsp3) is 1.00. The van der Waals surface area contributed by atoms with Gasteiger partial charge in [0.05, 0.1) is 6.10 Å². The van der Waals surface area contributed by atoms with Gasteiger partial charge < -0.3 is 10.1 Å². The number of rotatable bonds is 9. The monoisotopic (exact) mass is 213 g/mol. The lowest BCUT2D eigenvalue weighted by Gasteiger charge is -2.25. The van der Waals surface area contributed by atoms with Crippen LogP contribution in [-0.4, -0.2) is 25.8 Å². The SMILES string of the molecule is CCNCCCC(C)OCCC1CCC1. The van der Waals surface area contributed by atoms with Crippen molar-refractivity contribution in [3.8, 4) is 0 Å². The van der Waals surface area contributed by atoms with Gasteiger partial charge in [0.2, 0.25) is 0 Å². The fourth-order valence-electron chi connectivity index (χ4n) is 1.99. The molecule has 0 amide bonds. The standard InChI is InChI=1S/C13H27NO/c1-3-14-10-5-6-12(2)15-11-9-13-7-4-8-13/h12-14H,3-11H2,1-2H3. The van der Waals surface area contributed by atoms with E-state index in [1.54, 1.807) is 0 Å². The van der Waals surface area contributed by atoms with Crippen LogP contribution in [-0.2, 0) is 4.74 Å². The van der Waals surface area contributed by atoms with Crippen LogP contribution in [0.1, 0.15) is 52.4 Å². The predicted octanol–water partition coefficient (Wildman–Crippen LogP) is 2.97. The predicted molar refractivity (Wildman–Crippen MR) is 65.1 cm³/mol. The molecule has 0 aromatic carbocycles. The lowest BCUT2D eigenvalue weighted by Crippen LogP contribution is -2.19. The lowest BCUT2D eigenvalue weighted by molar-refractivity contribution is 0.0432. The van der Waals surface area contributed by atoms with Crippen molar-refractivity contribution in [2.24, 2.45) is 5.92 Å². The minimum Gasteiger partial charge on any atom is -0.378 e. The molecule has 0 aromatic heterocycles. The van der Waals surface area contributed by atoms with E-state index in [-0.39, 0.29) is 0 Å². The molecule has 1 rings (SSSR count). The first-order chi connectivity index (χ1) is 7.33. The van der Waals surface area contributed by atoms with Crippen LogP contribution in [0.15, 0.2) is 0 Å². The molecule has 0 spiro atoms. The molecule has 15 heavy (non-hydrogen) atoms. The molecular weight excluding hydrogens is 186 g/mol. The third-order valence-electron chi connectivity index (χ3n) is 3.37. The summed E-state index contributed by atoms with van der Waals surface area (Å²) in [5, 5.41) is 3.34. The van der Waals surface area contributed by atoms with E-state index in [0.29, 0.717) is 6.10 Å². The minimum absolute atomic E-state index is 0.448. The average molecular weight is 213 g/mol. The quantitative estimate of drug-likeness (QED) is 0.595. The highest BCUT2D eigenvalue weighted by atomic mass is 16.5. The van der Waals surface area contributed by atoms with Gasteiger partial charge in [-0.05, 0) is 45.2 Å². The molecule has 2 heteroatoms. The van der Waals surface area contributed by atoms with Crippen molar-refractivity contribution in [2.75, 3.05) is 19.7 Å². The van der Waals surface area contributed by atoms with E-state index in [2.05, 4.69) is 19.2 Å². The zero-order chi connectivity index (χ0) is 10.9. The molecule has 1 fully saturated rings. The molecule has 0 aromatic rings. The van der Waals surface area contributed by atoms with Crippen molar-refractivity contribution >= 4 is 0 Å². The summed E-state index contributed by atoms with van der Waals surface area (Å²) in [5.74, 6) is 0.985. The van der Waals surface area contributed by atoms with Crippen LogP contribution in [0, 0.1) is 5.92 Å². The van der Waals surface area contributed by atoms with Crippen molar-refractivity contribution in [1.29, 1.82) is 0 Å². The smallest absolute Gasteiger partial charge is 0.0547 e. The van der Waals surface area contributed by atoms with Gasteiger partial charge in [0.15, 0.2) is 0 Å². The molecule has 0 heterocycles. The van der Waals surface area contributed by atoms with Gasteiger partial charge in [-0.3, -0.25) is 0 Å².